The van der Waals surface area contributed by atoms with E-state index in [2.05, 4.69) is 115 Å². The molecule has 1 aromatic heterocycles. The van der Waals surface area contributed by atoms with Crippen LogP contribution in [-0.2, 0) is 23.7 Å². The molecule has 4 rings (SSSR count). The molecule has 1 heterocycles. The van der Waals surface area contributed by atoms with Crippen molar-refractivity contribution >= 4 is 21.8 Å². The van der Waals surface area contributed by atoms with Crippen LogP contribution < -0.4 is 0 Å². The average molecular weight is 515 g/mol. The summed E-state index contributed by atoms with van der Waals surface area (Å²) in [6.45, 7) is 17.4. The van der Waals surface area contributed by atoms with Crippen molar-refractivity contribution in [1.29, 1.82) is 15.8 Å². The van der Waals surface area contributed by atoms with E-state index in [0.717, 1.165) is 45.8 Å². The summed E-state index contributed by atoms with van der Waals surface area (Å²) in [5.74, 6) is 0. The summed E-state index contributed by atoms with van der Waals surface area (Å²) in [6, 6.07) is 20.3. The van der Waals surface area contributed by atoms with Gasteiger partial charge in [-0.2, -0.15) is 15.8 Å². The monoisotopic (exact) mass is 514 g/mol. The fraction of sp³-hybridized carbons (Fsp3) is 0.400. The highest BCUT2D eigenvalue weighted by Crippen LogP contribution is 2.41. The van der Waals surface area contributed by atoms with E-state index in [-0.39, 0.29) is 10.8 Å². The maximum atomic E-state index is 10.5. The zero-order valence-electron chi connectivity index (χ0n) is 24.6. The van der Waals surface area contributed by atoms with Gasteiger partial charge in [0.05, 0.1) is 39.5 Å². The van der Waals surface area contributed by atoms with Crippen LogP contribution in [0.5, 0.6) is 0 Å². The Labute approximate surface area is 233 Å². The molecule has 0 bridgehead atoms. The predicted molar refractivity (Wildman–Crippen MR) is 160 cm³/mol. The van der Waals surface area contributed by atoms with Gasteiger partial charge in [-0.1, -0.05) is 80.4 Å². The van der Waals surface area contributed by atoms with Gasteiger partial charge in [-0.15, -0.1) is 0 Å². The lowest BCUT2D eigenvalue weighted by molar-refractivity contribution is 0.590. The van der Waals surface area contributed by atoms with Gasteiger partial charge in [0.15, 0.2) is 0 Å². The number of nitrogens with zero attached hydrogens (tertiary/aromatic N) is 4. The first kappa shape index (κ1) is 28.0. The minimum absolute atomic E-state index is 0.0308. The van der Waals surface area contributed by atoms with Crippen molar-refractivity contribution in [3.05, 3.63) is 75.3 Å². The molecule has 3 aromatic carbocycles. The van der Waals surface area contributed by atoms with E-state index < -0.39 is 0 Å². The van der Waals surface area contributed by atoms with Crippen LogP contribution in [-0.4, -0.2) is 4.57 Å². The van der Waals surface area contributed by atoms with Crippen LogP contribution in [0, 0.1) is 34.0 Å². The molecule has 0 saturated carbocycles. The molecule has 0 N–H and O–H groups in total. The van der Waals surface area contributed by atoms with Gasteiger partial charge in [-0.25, -0.2) is 0 Å². The van der Waals surface area contributed by atoms with Crippen LogP contribution in [0.4, 0.5) is 0 Å². The largest absolute Gasteiger partial charge is 0.307 e. The SMILES string of the molecule is CCCc1c(C#N)c(CCC)c(C#N)c(-n2c3ccc(C(C)(C)C)cc3c3cc(C(C)(C)C)ccc32)c1C#N. The Kier molecular flexibility index (Phi) is 7.34. The van der Waals surface area contributed by atoms with Crippen molar-refractivity contribution in [2.75, 3.05) is 0 Å². The second kappa shape index (κ2) is 10.2. The van der Waals surface area contributed by atoms with Gasteiger partial charge in [0, 0.05) is 10.8 Å². The summed E-state index contributed by atoms with van der Waals surface area (Å²) < 4.78 is 2.11. The molecule has 0 aliphatic rings. The molecular weight excluding hydrogens is 476 g/mol. The Balaban J connectivity index is 2.30. The van der Waals surface area contributed by atoms with Crippen molar-refractivity contribution in [3.63, 3.8) is 0 Å². The first-order valence-electron chi connectivity index (χ1n) is 13.9. The van der Waals surface area contributed by atoms with Crippen molar-refractivity contribution in [2.24, 2.45) is 0 Å². The molecule has 0 aliphatic heterocycles. The summed E-state index contributed by atoms with van der Waals surface area (Å²) in [7, 11) is 0. The lowest BCUT2D eigenvalue weighted by atomic mass is 9.85. The van der Waals surface area contributed by atoms with Crippen molar-refractivity contribution in [2.45, 2.75) is 91.9 Å². The standard InChI is InChI=1S/C35H38N4/c1-9-11-24-28(19-36)25(12-10-2)30(21-38)33(29(24)20-37)39-31-15-13-22(34(3,4)5)17-26(31)27-18-23(35(6,7)8)14-16-32(27)39/h13-18H,9-12H2,1-8H3. The molecule has 198 valence electrons. The van der Waals surface area contributed by atoms with Crippen LogP contribution in [0.1, 0.15) is 107 Å². The summed E-state index contributed by atoms with van der Waals surface area (Å²) in [4.78, 5) is 0. The molecule has 0 saturated heterocycles. The smallest absolute Gasteiger partial charge is 0.102 e. The van der Waals surface area contributed by atoms with Gasteiger partial charge < -0.3 is 4.57 Å². The van der Waals surface area contributed by atoms with Crippen LogP contribution in [0.25, 0.3) is 27.5 Å². The molecule has 4 heteroatoms. The lowest BCUT2D eigenvalue weighted by Crippen LogP contribution is -2.12. The average Bonchev–Trinajstić information content (AvgIpc) is 3.20. The normalized spacial score (nSPS) is 11.9. The number of aromatic nitrogens is 1. The topological polar surface area (TPSA) is 76.3 Å². The Hall–Kier alpha value is -4.07. The van der Waals surface area contributed by atoms with Gasteiger partial charge in [-0.3, -0.25) is 0 Å². The number of hydrogen-bond acceptors (Lipinski definition) is 3. The molecule has 4 aromatic rings. The van der Waals surface area contributed by atoms with E-state index >= 15 is 0 Å². The van der Waals surface area contributed by atoms with Crippen LogP contribution in [0.15, 0.2) is 36.4 Å². The minimum Gasteiger partial charge on any atom is -0.307 e. The maximum absolute atomic E-state index is 10.5. The second-order valence-corrected chi connectivity index (χ2v) is 12.6. The minimum atomic E-state index is -0.0308. The maximum Gasteiger partial charge on any atom is 0.102 e. The number of nitriles is 3. The highest BCUT2D eigenvalue weighted by atomic mass is 15.0. The molecule has 0 atom stereocenters. The third-order valence-electron chi connectivity index (χ3n) is 7.74. The van der Waals surface area contributed by atoms with E-state index in [1.54, 1.807) is 0 Å². The van der Waals surface area contributed by atoms with Crippen molar-refractivity contribution < 1.29 is 0 Å². The van der Waals surface area contributed by atoms with Crippen LogP contribution in [0.3, 0.4) is 0 Å². The van der Waals surface area contributed by atoms with Gasteiger partial charge >= 0.3 is 0 Å². The Bertz CT molecular complexity index is 1600. The van der Waals surface area contributed by atoms with E-state index in [1.807, 2.05) is 0 Å². The molecule has 0 fully saturated rings. The first-order chi connectivity index (χ1) is 18.4. The molecule has 0 unspecified atom stereocenters. The lowest BCUT2D eigenvalue weighted by Gasteiger charge is -2.21. The molecule has 0 amide bonds. The summed E-state index contributed by atoms with van der Waals surface area (Å²) in [6.07, 6.45) is 2.83. The number of hydrogen-bond donors (Lipinski definition) is 0. The van der Waals surface area contributed by atoms with Crippen molar-refractivity contribution in [1.82, 2.24) is 4.57 Å². The summed E-state index contributed by atoms with van der Waals surface area (Å²) in [5, 5.41) is 33.5. The Morgan fingerprint density at radius 3 is 1.31 bits per heavy atom. The van der Waals surface area contributed by atoms with Gasteiger partial charge in [0.25, 0.3) is 0 Å². The second-order valence-electron chi connectivity index (χ2n) is 12.6. The molecule has 0 aliphatic carbocycles. The highest BCUT2D eigenvalue weighted by Gasteiger charge is 2.28. The molecular formula is C35H38N4. The Morgan fingerprint density at radius 1 is 0.615 bits per heavy atom. The van der Waals surface area contributed by atoms with Crippen LogP contribution in [0.2, 0.25) is 0 Å². The summed E-state index contributed by atoms with van der Waals surface area (Å²) in [5.41, 5.74) is 7.82. The highest BCUT2D eigenvalue weighted by molar-refractivity contribution is 6.10. The van der Waals surface area contributed by atoms with Gasteiger partial charge in [0.1, 0.15) is 12.1 Å². The third-order valence-corrected chi connectivity index (χ3v) is 7.74. The van der Waals surface area contributed by atoms with Crippen molar-refractivity contribution in [3.8, 4) is 23.9 Å². The predicted octanol–water partition coefficient (Wildman–Crippen LogP) is 8.90. The quantitative estimate of drug-likeness (QED) is 0.267. The third kappa shape index (κ3) is 4.68. The molecule has 0 radical (unpaired) electrons. The van der Waals surface area contributed by atoms with Gasteiger partial charge in [0.2, 0.25) is 0 Å². The molecule has 39 heavy (non-hydrogen) atoms. The van der Waals surface area contributed by atoms with E-state index in [4.69, 9.17) is 0 Å². The molecule has 0 spiro atoms. The van der Waals surface area contributed by atoms with Crippen LogP contribution >= 0.6 is 0 Å². The Morgan fingerprint density at radius 2 is 1.00 bits per heavy atom. The fourth-order valence-electron chi connectivity index (χ4n) is 5.64. The van der Waals surface area contributed by atoms with E-state index in [0.29, 0.717) is 35.2 Å². The zero-order chi connectivity index (χ0) is 28.7. The van der Waals surface area contributed by atoms with E-state index in [9.17, 15) is 15.8 Å². The summed E-state index contributed by atoms with van der Waals surface area (Å²) >= 11 is 0. The van der Waals surface area contributed by atoms with Gasteiger partial charge in [-0.05, 0) is 70.2 Å². The first-order valence-corrected chi connectivity index (χ1v) is 13.9. The fourth-order valence-corrected chi connectivity index (χ4v) is 5.64. The number of benzene rings is 3. The molecule has 4 nitrogen and oxygen atoms in total. The number of rotatable bonds is 5. The van der Waals surface area contributed by atoms with E-state index in [1.165, 1.54) is 11.1 Å². The zero-order valence-corrected chi connectivity index (χ0v) is 24.6. The number of fused-ring (bicyclic) bond motifs is 3.